The largest absolute Gasteiger partial charge is 0.497 e. The van der Waals surface area contributed by atoms with Gasteiger partial charge >= 0.3 is 0 Å². The third-order valence-electron chi connectivity index (χ3n) is 3.02. The molecule has 2 rings (SSSR count). The highest BCUT2D eigenvalue weighted by molar-refractivity contribution is 6.07. The second-order valence-corrected chi connectivity index (χ2v) is 4.08. The fourth-order valence-corrected chi connectivity index (χ4v) is 2.00. The zero-order valence-corrected chi connectivity index (χ0v) is 9.90. The molecule has 2 amide bonds. The Balaban J connectivity index is 2.27. The quantitative estimate of drug-likeness (QED) is 0.409. The molecule has 0 aromatic heterocycles. The van der Waals surface area contributed by atoms with Crippen molar-refractivity contribution in [2.45, 2.75) is 12.8 Å². The van der Waals surface area contributed by atoms with Crippen molar-refractivity contribution >= 4 is 17.5 Å². The Labute approximate surface area is 104 Å². The van der Waals surface area contributed by atoms with Crippen LogP contribution in [-0.4, -0.2) is 24.1 Å². The van der Waals surface area contributed by atoms with Crippen molar-refractivity contribution in [3.63, 3.8) is 0 Å². The van der Waals surface area contributed by atoms with Crippen molar-refractivity contribution in [2.24, 2.45) is 5.92 Å². The molecule has 1 heterocycles. The summed E-state index contributed by atoms with van der Waals surface area (Å²) < 4.78 is 5.08. The van der Waals surface area contributed by atoms with Crippen molar-refractivity contribution in [1.29, 1.82) is 0 Å². The van der Waals surface area contributed by atoms with E-state index in [9.17, 15) is 9.59 Å². The van der Waals surface area contributed by atoms with E-state index < -0.39 is 17.7 Å². The van der Waals surface area contributed by atoms with Gasteiger partial charge < -0.3 is 10.1 Å². The maximum atomic E-state index is 11.9. The van der Waals surface area contributed by atoms with Gasteiger partial charge in [0, 0.05) is 11.8 Å². The van der Waals surface area contributed by atoms with Crippen LogP contribution in [0.2, 0.25) is 0 Å². The fourth-order valence-electron chi connectivity index (χ4n) is 2.00. The number of hydroxylamine groups is 1. The number of aryl methyl sites for hydroxylation is 1. The van der Waals surface area contributed by atoms with Gasteiger partial charge in [0.1, 0.15) is 11.7 Å². The molecule has 1 aromatic carbocycles. The van der Waals surface area contributed by atoms with Gasteiger partial charge in [0.2, 0.25) is 5.91 Å². The first kappa shape index (κ1) is 12.4. The summed E-state index contributed by atoms with van der Waals surface area (Å²) in [6.07, 6.45) is 0.938. The van der Waals surface area contributed by atoms with E-state index >= 15 is 0 Å². The number of methoxy groups -OCH3 is 1. The van der Waals surface area contributed by atoms with Crippen molar-refractivity contribution in [3.8, 4) is 5.75 Å². The van der Waals surface area contributed by atoms with Gasteiger partial charge in [-0.3, -0.25) is 14.8 Å². The van der Waals surface area contributed by atoms with Crippen LogP contribution in [-0.2, 0) is 16.0 Å². The van der Waals surface area contributed by atoms with Crippen molar-refractivity contribution in [2.75, 3.05) is 12.4 Å². The standard InChI is InChI=1S/C12H14N2O4/c1-18-8-4-2-7-3-5-9(12(16)14-17)11(15)13-10(7)6-8/h2,4,6,9,17H,3,5H2,1H3,(H,13,15)(H,14,16). The molecule has 0 bridgehead atoms. The number of carbonyl (C=O) groups excluding carboxylic acids is 2. The monoisotopic (exact) mass is 250 g/mol. The summed E-state index contributed by atoms with van der Waals surface area (Å²) in [5.41, 5.74) is 3.11. The van der Waals surface area contributed by atoms with Gasteiger partial charge in [-0.1, -0.05) is 6.07 Å². The molecule has 6 heteroatoms. The lowest BCUT2D eigenvalue weighted by atomic mass is 10.00. The topological polar surface area (TPSA) is 87.7 Å². The van der Waals surface area contributed by atoms with Crippen LogP contribution >= 0.6 is 0 Å². The van der Waals surface area contributed by atoms with Gasteiger partial charge in [-0.2, -0.15) is 0 Å². The maximum absolute atomic E-state index is 11.9. The zero-order valence-electron chi connectivity index (χ0n) is 9.90. The number of ether oxygens (including phenoxy) is 1. The summed E-state index contributed by atoms with van der Waals surface area (Å²) in [5.74, 6) is -1.35. The van der Waals surface area contributed by atoms with E-state index in [1.807, 2.05) is 6.07 Å². The van der Waals surface area contributed by atoms with Crippen LogP contribution in [0.5, 0.6) is 5.75 Å². The van der Waals surface area contributed by atoms with Gasteiger partial charge in [0.15, 0.2) is 0 Å². The average Bonchev–Trinajstić information content (AvgIpc) is 2.55. The molecule has 1 atom stereocenters. The number of amides is 2. The summed E-state index contributed by atoms with van der Waals surface area (Å²) in [6, 6.07) is 5.37. The number of hydrogen-bond acceptors (Lipinski definition) is 4. The van der Waals surface area contributed by atoms with E-state index in [1.165, 1.54) is 5.48 Å². The zero-order chi connectivity index (χ0) is 13.1. The van der Waals surface area contributed by atoms with Crippen LogP contribution in [0, 0.1) is 5.92 Å². The number of rotatable bonds is 2. The lowest BCUT2D eigenvalue weighted by Gasteiger charge is -2.10. The van der Waals surface area contributed by atoms with Crippen LogP contribution in [0.15, 0.2) is 18.2 Å². The molecule has 0 fully saturated rings. The molecule has 0 aliphatic carbocycles. The lowest BCUT2D eigenvalue weighted by molar-refractivity contribution is -0.138. The van der Waals surface area contributed by atoms with E-state index in [4.69, 9.17) is 9.94 Å². The number of carbonyl (C=O) groups is 2. The van der Waals surface area contributed by atoms with Crippen LogP contribution < -0.4 is 15.5 Å². The average molecular weight is 250 g/mol. The second kappa shape index (κ2) is 5.05. The van der Waals surface area contributed by atoms with E-state index in [1.54, 1.807) is 19.2 Å². The summed E-state index contributed by atoms with van der Waals surface area (Å²) in [5, 5.41) is 11.3. The van der Waals surface area contributed by atoms with E-state index in [0.717, 1.165) is 5.56 Å². The Kier molecular flexibility index (Phi) is 3.47. The Morgan fingerprint density at radius 2 is 2.33 bits per heavy atom. The van der Waals surface area contributed by atoms with Crippen LogP contribution in [0.1, 0.15) is 12.0 Å². The predicted molar refractivity (Wildman–Crippen MR) is 63.4 cm³/mol. The summed E-state index contributed by atoms with van der Waals surface area (Å²) >= 11 is 0. The highest BCUT2D eigenvalue weighted by Gasteiger charge is 2.29. The molecule has 6 nitrogen and oxygen atoms in total. The normalized spacial score (nSPS) is 18.3. The number of anilines is 1. The Morgan fingerprint density at radius 3 is 3.00 bits per heavy atom. The molecule has 0 saturated heterocycles. The van der Waals surface area contributed by atoms with Crippen molar-refractivity contribution in [1.82, 2.24) is 5.48 Å². The van der Waals surface area contributed by atoms with Crippen LogP contribution in [0.4, 0.5) is 5.69 Å². The molecule has 0 saturated carbocycles. The molecule has 18 heavy (non-hydrogen) atoms. The summed E-state index contributed by atoms with van der Waals surface area (Å²) in [7, 11) is 1.54. The van der Waals surface area contributed by atoms with Gasteiger partial charge in [0.25, 0.3) is 5.91 Å². The molecule has 96 valence electrons. The fraction of sp³-hybridized carbons (Fsp3) is 0.333. The van der Waals surface area contributed by atoms with Gasteiger partial charge in [-0.25, -0.2) is 5.48 Å². The number of nitrogens with one attached hydrogen (secondary N) is 2. The minimum absolute atomic E-state index is 0.359. The molecule has 1 aliphatic heterocycles. The Morgan fingerprint density at radius 1 is 1.56 bits per heavy atom. The smallest absolute Gasteiger partial charge is 0.255 e. The first-order valence-corrected chi connectivity index (χ1v) is 5.57. The predicted octanol–water partition coefficient (Wildman–Crippen LogP) is 0.701. The number of benzene rings is 1. The van der Waals surface area contributed by atoms with Crippen molar-refractivity contribution in [3.05, 3.63) is 23.8 Å². The lowest BCUT2D eigenvalue weighted by Crippen LogP contribution is -2.36. The van der Waals surface area contributed by atoms with E-state index in [0.29, 0.717) is 24.3 Å². The van der Waals surface area contributed by atoms with Crippen molar-refractivity contribution < 1.29 is 19.5 Å². The molecule has 1 aliphatic rings. The number of fused-ring (bicyclic) bond motifs is 1. The van der Waals surface area contributed by atoms with Gasteiger partial charge in [-0.05, 0) is 24.5 Å². The van der Waals surface area contributed by atoms with Gasteiger partial charge in [-0.15, -0.1) is 0 Å². The first-order chi connectivity index (χ1) is 8.65. The third-order valence-corrected chi connectivity index (χ3v) is 3.02. The summed E-state index contributed by atoms with van der Waals surface area (Å²) in [6.45, 7) is 0. The van der Waals surface area contributed by atoms with Gasteiger partial charge in [0.05, 0.1) is 7.11 Å². The van der Waals surface area contributed by atoms with Crippen LogP contribution in [0.25, 0.3) is 0 Å². The minimum atomic E-state index is -0.881. The molecule has 0 spiro atoms. The molecular weight excluding hydrogens is 236 g/mol. The first-order valence-electron chi connectivity index (χ1n) is 5.57. The minimum Gasteiger partial charge on any atom is -0.497 e. The highest BCUT2D eigenvalue weighted by atomic mass is 16.5. The molecule has 3 N–H and O–H groups in total. The SMILES string of the molecule is COc1ccc2c(c1)NC(=O)C(C(=O)NO)CC2. The molecule has 1 aromatic rings. The summed E-state index contributed by atoms with van der Waals surface area (Å²) in [4.78, 5) is 23.2. The number of hydrogen-bond donors (Lipinski definition) is 3. The van der Waals surface area contributed by atoms with E-state index in [-0.39, 0.29) is 0 Å². The molecule has 1 unspecified atom stereocenters. The molecule has 0 radical (unpaired) electrons. The second-order valence-electron chi connectivity index (χ2n) is 4.08. The maximum Gasteiger partial charge on any atom is 0.255 e. The highest BCUT2D eigenvalue weighted by Crippen LogP contribution is 2.28. The van der Waals surface area contributed by atoms with E-state index in [2.05, 4.69) is 5.32 Å². The van der Waals surface area contributed by atoms with Crippen LogP contribution in [0.3, 0.4) is 0 Å². The Bertz CT molecular complexity index is 487. The third kappa shape index (κ3) is 2.28. The molecular formula is C12H14N2O4. The Hall–Kier alpha value is -2.08.